The smallest absolute Gasteiger partial charge is 0.271 e. The van der Waals surface area contributed by atoms with Crippen molar-refractivity contribution in [2.45, 2.75) is 37.3 Å². The van der Waals surface area contributed by atoms with Crippen molar-refractivity contribution in [3.05, 3.63) is 18.3 Å². The van der Waals surface area contributed by atoms with E-state index in [1.807, 2.05) is 0 Å². The molecule has 2 saturated heterocycles. The third-order valence-electron chi connectivity index (χ3n) is 5.19. The van der Waals surface area contributed by atoms with E-state index in [9.17, 15) is 14.9 Å². The summed E-state index contributed by atoms with van der Waals surface area (Å²) in [7, 11) is 0. The topological polar surface area (TPSA) is 98.6 Å². The average molecular weight is 341 g/mol. The molecule has 4 rings (SSSR count). The summed E-state index contributed by atoms with van der Waals surface area (Å²) in [6.07, 6.45) is 6.87. The lowest BCUT2D eigenvalue weighted by Gasteiger charge is -2.40. The van der Waals surface area contributed by atoms with Crippen molar-refractivity contribution in [3.63, 3.8) is 0 Å². The number of likely N-dealkylation sites (tertiary alicyclic amines) is 2. The van der Waals surface area contributed by atoms with E-state index in [1.165, 1.54) is 4.90 Å². The number of pyridine rings is 1. The molecule has 0 bridgehead atoms. The van der Waals surface area contributed by atoms with E-state index in [1.54, 1.807) is 23.2 Å². The molecule has 8 heteroatoms. The Kier molecular flexibility index (Phi) is 3.71. The first-order valence-corrected chi connectivity index (χ1v) is 8.56. The zero-order chi connectivity index (χ0) is 17.4. The number of rotatable bonds is 1. The summed E-state index contributed by atoms with van der Waals surface area (Å²) in [5.74, 6) is -0.312. The van der Waals surface area contributed by atoms with Gasteiger partial charge in [-0.15, -0.1) is 0 Å². The Morgan fingerprint density at radius 1 is 1.36 bits per heavy atom. The molecule has 0 saturated carbocycles. The van der Waals surface area contributed by atoms with Crippen molar-refractivity contribution in [3.8, 4) is 12.1 Å². The Hall–Kier alpha value is -2.82. The van der Waals surface area contributed by atoms with Gasteiger partial charge in [-0.1, -0.05) is 0 Å². The zero-order valence-electron chi connectivity index (χ0n) is 13.8. The Labute approximate surface area is 145 Å². The van der Waals surface area contributed by atoms with Crippen LogP contribution in [-0.4, -0.2) is 57.9 Å². The maximum absolute atomic E-state index is 13.2. The Morgan fingerprint density at radius 3 is 2.92 bits per heavy atom. The molecule has 2 amide bonds. The second-order valence-electron chi connectivity index (χ2n) is 6.63. The van der Waals surface area contributed by atoms with Crippen LogP contribution in [0.15, 0.2) is 18.3 Å². The molecule has 1 aromatic heterocycles. The van der Waals surface area contributed by atoms with Crippen LogP contribution in [0.2, 0.25) is 0 Å². The summed E-state index contributed by atoms with van der Waals surface area (Å²) >= 11 is 0. The highest BCUT2D eigenvalue weighted by Gasteiger charge is 2.61. The molecule has 130 valence electrons. The third-order valence-corrected chi connectivity index (χ3v) is 5.19. The highest BCUT2D eigenvalue weighted by Crippen LogP contribution is 2.40. The molecule has 4 heterocycles. The molecular formula is C17H19N5O3. The van der Waals surface area contributed by atoms with E-state index in [-0.39, 0.29) is 18.2 Å². The first kappa shape index (κ1) is 15.7. The number of carbonyl (C=O) groups is 2. The minimum atomic E-state index is -1.41. The van der Waals surface area contributed by atoms with Gasteiger partial charge in [0, 0.05) is 32.3 Å². The Bertz CT molecular complexity index is 755. The van der Waals surface area contributed by atoms with Crippen LogP contribution >= 0.6 is 0 Å². The number of hydrogen-bond acceptors (Lipinski definition) is 6. The molecule has 2 fully saturated rings. The SMILES string of the molecule is N#CN1CCC2(Oc3ncccc3NC2=O)C1C(=O)N1CCCCC1. The summed E-state index contributed by atoms with van der Waals surface area (Å²) in [4.78, 5) is 33.3. The molecule has 8 nitrogen and oxygen atoms in total. The third kappa shape index (κ3) is 2.38. The average Bonchev–Trinajstić information content (AvgIpc) is 3.02. The predicted octanol–water partition coefficient (Wildman–Crippen LogP) is 0.719. The fraction of sp³-hybridized carbons (Fsp3) is 0.529. The van der Waals surface area contributed by atoms with Crippen molar-refractivity contribution < 1.29 is 14.3 Å². The van der Waals surface area contributed by atoms with E-state index < -0.39 is 11.6 Å². The molecule has 0 radical (unpaired) electrons. The number of hydrogen-bond donors (Lipinski definition) is 1. The number of piperidine rings is 1. The molecule has 2 atom stereocenters. The van der Waals surface area contributed by atoms with Gasteiger partial charge in [-0.3, -0.25) is 14.5 Å². The lowest BCUT2D eigenvalue weighted by atomic mass is 9.90. The van der Waals surface area contributed by atoms with Gasteiger partial charge >= 0.3 is 0 Å². The fourth-order valence-corrected chi connectivity index (χ4v) is 3.89. The molecular weight excluding hydrogens is 322 g/mol. The molecule has 3 aliphatic heterocycles. The van der Waals surface area contributed by atoms with Crippen LogP contribution in [0.3, 0.4) is 0 Å². The fourth-order valence-electron chi connectivity index (χ4n) is 3.89. The van der Waals surface area contributed by atoms with Gasteiger partial charge in [0.15, 0.2) is 12.2 Å². The number of amides is 2. The van der Waals surface area contributed by atoms with Crippen molar-refractivity contribution >= 4 is 17.5 Å². The standard InChI is InChI=1S/C17H19N5O3/c18-11-22-10-6-17(13(22)15(23)21-8-2-1-3-9-21)16(24)20-12-5-4-7-19-14(12)25-17/h4-5,7,13H,1-3,6,8-10H2,(H,20,24). The Morgan fingerprint density at radius 2 is 2.16 bits per heavy atom. The van der Waals surface area contributed by atoms with Crippen LogP contribution < -0.4 is 10.1 Å². The first-order chi connectivity index (χ1) is 12.2. The second-order valence-corrected chi connectivity index (χ2v) is 6.63. The number of anilines is 1. The lowest BCUT2D eigenvalue weighted by molar-refractivity contribution is -0.149. The summed E-state index contributed by atoms with van der Waals surface area (Å²) in [6, 6.07) is 2.45. The number of carbonyl (C=O) groups excluding carboxylic acids is 2. The summed E-state index contributed by atoms with van der Waals surface area (Å²) < 4.78 is 5.99. The number of nitriles is 1. The maximum atomic E-state index is 13.2. The molecule has 2 unspecified atom stereocenters. The quantitative estimate of drug-likeness (QED) is 0.756. The van der Waals surface area contributed by atoms with Gasteiger partial charge in [-0.2, -0.15) is 5.26 Å². The van der Waals surface area contributed by atoms with Crippen LogP contribution in [0.5, 0.6) is 5.88 Å². The first-order valence-electron chi connectivity index (χ1n) is 8.56. The summed E-state index contributed by atoms with van der Waals surface area (Å²) in [5.41, 5.74) is -0.927. The zero-order valence-corrected chi connectivity index (χ0v) is 13.8. The molecule has 0 aliphatic carbocycles. The highest BCUT2D eigenvalue weighted by atomic mass is 16.5. The van der Waals surface area contributed by atoms with Gasteiger partial charge < -0.3 is 15.0 Å². The maximum Gasteiger partial charge on any atom is 0.271 e. The van der Waals surface area contributed by atoms with Crippen molar-refractivity contribution in [2.75, 3.05) is 25.0 Å². The number of aromatic nitrogens is 1. The van der Waals surface area contributed by atoms with Gasteiger partial charge in [-0.25, -0.2) is 4.98 Å². The Balaban J connectivity index is 1.71. The van der Waals surface area contributed by atoms with Gasteiger partial charge in [0.25, 0.3) is 11.8 Å². The predicted molar refractivity (Wildman–Crippen MR) is 87.4 cm³/mol. The van der Waals surface area contributed by atoms with E-state index >= 15 is 0 Å². The molecule has 3 aliphatic rings. The van der Waals surface area contributed by atoms with Gasteiger partial charge in [0.2, 0.25) is 11.5 Å². The van der Waals surface area contributed by atoms with Gasteiger partial charge in [-0.05, 0) is 31.4 Å². The number of fused-ring (bicyclic) bond motifs is 1. The molecule has 1 aromatic rings. The highest BCUT2D eigenvalue weighted by molar-refractivity contribution is 6.05. The van der Waals surface area contributed by atoms with Crippen molar-refractivity contribution in [1.82, 2.24) is 14.8 Å². The number of nitrogens with zero attached hydrogens (tertiary/aromatic N) is 4. The minimum Gasteiger partial charge on any atom is -0.456 e. The molecule has 1 N–H and O–H groups in total. The second kappa shape index (κ2) is 5.92. The van der Waals surface area contributed by atoms with Crippen LogP contribution in [0, 0.1) is 11.5 Å². The summed E-state index contributed by atoms with van der Waals surface area (Å²) in [6.45, 7) is 1.61. The van der Waals surface area contributed by atoms with Gasteiger partial charge in [0.05, 0.1) is 0 Å². The number of ether oxygens (including phenoxy) is 1. The minimum absolute atomic E-state index is 0.215. The van der Waals surface area contributed by atoms with Crippen LogP contribution in [0.25, 0.3) is 0 Å². The summed E-state index contributed by atoms with van der Waals surface area (Å²) in [5, 5.41) is 12.3. The monoisotopic (exact) mass is 341 g/mol. The largest absolute Gasteiger partial charge is 0.456 e. The van der Waals surface area contributed by atoms with Gasteiger partial charge in [0.1, 0.15) is 5.69 Å². The van der Waals surface area contributed by atoms with Crippen LogP contribution in [0.4, 0.5) is 5.69 Å². The molecule has 25 heavy (non-hydrogen) atoms. The molecule has 0 aromatic carbocycles. The van der Waals surface area contributed by atoms with Crippen molar-refractivity contribution in [2.24, 2.45) is 0 Å². The van der Waals surface area contributed by atoms with E-state index in [2.05, 4.69) is 16.5 Å². The van der Waals surface area contributed by atoms with Crippen LogP contribution in [0.1, 0.15) is 25.7 Å². The van der Waals surface area contributed by atoms with E-state index in [0.29, 0.717) is 31.2 Å². The van der Waals surface area contributed by atoms with Crippen LogP contribution in [-0.2, 0) is 9.59 Å². The van der Waals surface area contributed by atoms with E-state index in [4.69, 9.17) is 4.74 Å². The lowest BCUT2D eigenvalue weighted by Crippen LogP contribution is -2.64. The molecule has 1 spiro atoms. The van der Waals surface area contributed by atoms with Crippen molar-refractivity contribution in [1.29, 1.82) is 5.26 Å². The normalized spacial score (nSPS) is 28.1. The number of nitrogens with one attached hydrogen (secondary N) is 1. The van der Waals surface area contributed by atoms with E-state index in [0.717, 1.165) is 19.3 Å².